The predicted octanol–water partition coefficient (Wildman–Crippen LogP) is 4.10. The van der Waals surface area contributed by atoms with Crippen LogP contribution in [-0.4, -0.2) is 8.42 Å². The Hall–Kier alpha value is -0.340. The van der Waals surface area contributed by atoms with E-state index in [1.54, 1.807) is 26.0 Å². The van der Waals surface area contributed by atoms with E-state index < -0.39 is 16.1 Å². The average molecular weight is 385 g/mol. The van der Waals surface area contributed by atoms with Crippen molar-refractivity contribution in [3.8, 4) is 0 Å². The van der Waals surface area contributed by atoms with Gasteiger partial charge in [-0.25, -0.2) is 13.1 Å². The quantitative estimate of drug-likeness (QED) is 0.863. The molecule has 0 saturated carbocycles. The zero-order chi connectivity index (χ0) is 14.2. The van der Waals surface area contributed by atoms with E-state index in [1.807, 2.05) is 0 Å². The Bertz CT molecular complexity index is 673. The van der Waals surface area contributed by atoms with Crippen LogP contribution < -0.4 is 4.72 Å². The number of hydrogen-bond donors (Lipinski definition) is 1. The SMILES string of the molecule is Cc1ccc(C(C)NS(=O)(=O)c2cc(Cl)c(Br)s2)o1. The van der Waals surface area contributed by atoms with E-state index in [-0.39, 0.29) is 4.21 Å². The van der Waals surface area contributed by atoms with E-state index in [0.29, 0.717) is 14.6 Å². The first-order valence-corrected chi connectivity index (χ1v) is 8.80. The van der Waals surface area contributed by atoms with Crippen LogP contribution in [0.5, 0.6) is 0 Å². The van der Waals surface area contributed by atoms with Crippen molar-refractivity contribution in [3.05, 3.63) is 38.5 Å². The molecule has 19 heavy (non-hydrogen) atoms. The minimum atomic E-state index is -3.61. The third-order valence-electron chi connectivity index (χ3n) is 2.41. The lowest BCUT2D eigenvalue weighted by molar-refractivity contribution is 0.441. The number of furan rings is 1. The summed E-state index contributed by atoms with van der Waals surface area (Å²) < 4.78 is 33.0. The zero-order valence-corrected chi connectivity index (χ0v) is 14.1. The molecule has 2 aromatic heterocycles. The first-order valence-electron chi connectivity index (χ1n) is 5.33. The minimum absolute atomic E-state index is 0.166. The fourth-order valence-corrected chi connectivity index (χ4v) is 5.12. The molecule has 0 amide bonds. The molecule has 104 valence electrons. The molecule has 1 atom stereocenters. The van der Waals surface area contributed by atoms with Crippen molar-refractivity contribution in [2.24, 2.45) is 0 Å². The van der Waals surface area contributed by atoms with Gasteiger partial charge in [0, 0.05) is 0 Å². The first-order chi connectivity index (χ1) is 8.79. The number of aryl methyl sites for hydroxylation is 1. The van der Waals surface area contributed by atoms with E-state index in [9.17, 15) is 8.42 Å². The van der Waals surface area contributed by atoms with E-state index in [1.165, 1.54) is 6.07 Å². The lowest BCUT2D eigenvalue weighted by atomic mass is 10.3. The molecule has 0 aromatic carbocycles. The van der Waals surface area contributed by atoms with E-state index in [4.69, 9.17) is 16.0 Å². The summed E-state index contributed by atoms with van der Waals surface area (Å²) in [7, 11) is -3.61. The molecule has 0 saturated heterocycles. The highest BCUT2D eigenvalue weighted by atomic mass is 79.9. The Balaban J connectivity index is 2.22. The maximum absolute atomic E-state index is 12.2. The minimum Gasteiger partial charge on any atom is -0.465 e. The van der Waals surface area contributed by atoms with E-state index in [2.05, 4.69) is 20.7 Å². The van der Waals surface area contributed by atoms with Gasteiger partial charge in [0.2, 0.25) is 0 Å². The second kappa shape index (κ2) is 5.57. The Morgan fingerprint density at radius 1 is 1.47 bits per heavy atom. The summed E-state index contributed by atoms with van der Waals surface area (Å²) in [4.78, 5) is 0. The Labute approximate surface area is 128 Å². The van der Waals surface area contributed by atoms with Crippen molar-refractivity contribution in [1.29, 1.82) is 0 Å². The van der Waals surface area contributed by atoms with Gasteiger partial charge in [-0.1, -0.05) is 11.6 Å². The Morgan fingerprint density at radius 3 is 2.63 bits per heavy atom. The summed E-state index contributed by atoms with van der Waals surface area (Å²) in [6, 6.07) is 4.51. The van der Waals surface area contributed by atoms with Gasteiger partial charge in [-0.2, -0.15) is 0 Å². The number of hydrogen-bond acceptors (Lipinski definition) is 4. The number of nitrogens with one attached hydrogen (secondary N) is 1. The third-order valence-corrected chi connectivity index (χ3v) is 6.90. The van der Waals surface area contributed by atoms with Gasteiger partial charge >= 0.3 is 0 Å². The standard InChI is InChI=1S/C11H11BrClNO3S2/c1-6-3-4-9(17-6)7(2)14-19(15,16)10-5-8(13)11(12)18-10/h3-5,7,14H,1-2H3. The Morgan fingerprint density at radius 2 is 2.16 bits per heavy atom. The van der Waals surface area contributed by atoms with Crippen LogP contribution in [-0.2, 0) is 10.0 Å². The van der Waals surface area contributed by atoms with Gasteiger partial charge in [-0.15, -0.1) is 11.3 Å². The van der Waals surface area contributed by atoms with Gasteiger partial charge in [0.1, 0.15) is 15.7 Å². The largest absolute Gasteiger partial charge is 0.465 e. The van der Waals surface area contributed by atoms with Crippen molar-refractivity contribution in [1.82, 2.24) is 4.72 Å². The van der Waals surface area contributed by atoms with Gasteiger partial charge in [0.25, 0.3) is 10.0 Å². The highest BCUT2D eigenvalue weighted by molar-refractivity contribution is 9.11. The number of sulfonamides is 1. The summed E-state index contributed by atoms with van der Waals surface area (Å²) >= 11 is 10.1. The summed E-state index contributed by atoms with van der Waals surface area (Å²) in [6.07, 6.45) is 0. The van der Waals surface area contributed by atoms with Crippen LogP contribution in [0, 0.1) is 6.92 Å². The third kappa shape index (κ3) is 3.41. The smallest absolute Gasteiger partial charge is 0.250 e. The van der Waals surface area contributed by atoms with E-state index in [0.717, 1.165) is 17.1 Å². The van der Waals surface area contributed by atoms with Crippen LogP contribution in [0.15, 0.2) is 30.6 Å². The summed E-state index contributed by atoms with van der Waals surface area (Å²) in [5.74, 6) is 1.31. The number of rotatable bonds is 4. The predicted molar refractivity (Wildman–Crippen MR) is 79.2 cm³/mol. The second-order valence-corrected chi connectivity index (χ2v) is 8.70. The Kier molecular flexibility index (Phi) is 4.42. The van der Waals surface area contributed by atoms with Crippen LogP contribution >= 0.6 is 38.9 Å². The molecule has 2 aromatic rings. The maximum atomic E-state index is 12.2. The van der Waals surface area contributed by atoms with Crippen molar-refractivity contribution in [3.63, 3.8) is 0 Å². The molecular weight excluding hydrogens is 374 g/mol. The van der Waals surface area contributed by atoms with Gasteiger partial charge in [-0.3, -0.25) is 0 Å². The highest BCUT2D eigenvalue weighted by Crippen LogP contribution is 2.35. The normalized spacial score (nSPS) is 13.7. The van der Waals surface area contributed by atoms with Gasteiger partial charge < -0.3 is 4.42 Å². The van der Waals surface area contributed by atoms with Gasteiger partial charge in [0.05, 0.1) is 14.9 Å². The van der Waals surface area contributed by atoms with Crippen molar-refractivity contribution < 1.29 is 12.8 Å². The highest BCUT2D eigenvalue weighted by Gasteiger charge is 2.23. The van der Waals surface area contributed by atoms with Crippen molar-refractivity contribution in [2.75, 3.05) is 0 Å². The van der Waals surface area contributed by atoms with Crippen LogP contribution in [0.1, 0.15) is 24.5 Å². The summed E-state index contributed by atoms with van der Waals surface area (Å²) in [5.41, 5.74) is 0. The molecule has 4 nitrogen and oxygen atoms in total. The first kappa shape index (κ1) is 15.1. The van der Waals surface area contributed by atoms with Crippen molar-refractivity contribution in [2.45, 2.75) is 24.1 Å². The fourth-order valence-electron chi connectivity index (χ4n) is 1.49. The molecule has 0 aliphatic carbocycles. The average Bonchev–Trinajstić information content (AvgIpc) is 2.86. The molecule has 8 heteroatoms. The second-order valence-electron chi connectivity index (χ2n) is 3.98. The summed E-state index contributed by atoms with van der Waals surface area (Å²) in [6.45, 7) is 3.53. The molecule has 0 bridgehead atoms. The molecule has 1 unspecified atom stereocenters. The molecule has 2 heterocycles. The number of halogens is 2. The summed E-state index contributed by atoms with van der Waals surface area (Å²) in [5, 5.41) is 0.381. The molecule has 2 rings (SSSR count). The number of thiophene rings is 1. The fraction of sp³-hybridized carbons (Fsp3) is 0.273. The van der Waals surface area contributed by atoms with Crippen LogP contribution in [0.2, 0.25) is 5.02 Å². The maximum Gasteiger partial charge on any atom is 0.250 e. The molecular formula is C11H11BrClNO3S2. The topological polar surface area (TPSA) is 59.3 Å². The molecule has 0 radical (unpaired) electrons. The van der Waals surface area contributed by atoms with Gasteiger partial charge in [-0.05, 0) is 48.0 Å². The van der Waals surface area contributed by atoms with Crippen molar-refractivity contribution >= 4 is 48.9 Å². The zero-order valence-electron chi connectivity index (χ0n) is 10.1. The monoisotopic (exact) mass is 383 g/mol. The molecule has 0 aliphatic heterocycles. The van der Waals surface area contributed by atoms with Crippen LogP contribution in [0.25, 0.3) is 0 Å². The van der Waals surface area contributed by atoms with E-state index >= 15 is 0 Å². The molecule has 0 fully saturated rings. The van der Waals surface area contributed by atoms with Gasteiger partial charge in [0.15, 0.2) is 0 Å². The molecule has 0 spiro atoms. The molecule has 1 N–H and O–H groups in total. The molecule has 0 aliphatic rings. The lowest BCUT2D eigenvalue weighted by Crippen LogP contribution is -2.25. The lowest BCUT2D eigenvalue weighted by Gasteiger charge is -2.10. The van der Waals surface area contributed by atoms with Crippen LogP contribution in [0.4, 0.5) is 0 Å². The van der Waals surface area contributed by atoms with Crippen LogP contribution in [0.3, 0.4) is 0 Å².